The van der Waals surface area contributed by atoms with Crippen LogP contribution in [0.15, 0.2) is 30.3 Å². The molecule has 1 aromatic rings. The molecule has 0 bridgehead atoms. The summed E-state index contributed by atoms with van der Waals surface area (Å²) in [6, 6.07) is 7.73. The lowest BCUT2D eigenvalue weighted by atomic mass is 10.0. The SMILES string of the molecule is O=C(SCCC(F)(F)CC(F)C(F)(F)C(F)F)c1ccccc1. The summed E-state index contributed by atoms with van der Waals surface area (Å²) in [6.45, 7) is 0. The molecular weight excluding hydrogens is 349 g/mol. The van der Waals surface area contributed by atoms with Gasteiger partial charge in [-0.05, 0) is 0 Å². The summed E-state index contributed by atoms with van der Waals surface area (Å²) in [5.41, 5.74) is 0.272. The number of rotatable bonds is 8. The third kappa shape index (κ3) is 6.04. The van der Waals surface area contributed by atoms with Crippen molar-refractivity contribution in [1.29, 1.82) is 0 Å². The minimum Gasteiger partial charge on any atom is -0.282 e. The quantitative estimate of drug-likeness (QED) is 0.590. The van der Waals surface area contributed by atoms with Crippen LogP contribution in [0.25, 0.3) is 0 Å². The van der Waals surface area contributed by atoms with Crippen molar-refractivity contribution in [2.24, 2.45) is 0 Å². The zero-order chi connectivity index (χ0) is 17.7. The van der Waals surface area contributed by atoms with Crippen LogP contribution in [0.2, 0.25) is 0 Å². The van der Waals surface area contributed by atoms with Crippen LogP contribution in [0, 0.1) is 0 Å². The Hall–Kier alpha value is -1.25. The van der Waals surface area contributed by atoms with Crippen LogP contribution < -0.4 is 0 Å². The third-order valence-corrected chi connectivity index (χ3v) is 3.80. The van der Waals surface area contributed by atoms with Gasteiger partial charge in [-0.1, -0.05) is 42.1 Å². The molecule has 0 heterocycles. The standard InChI is InChI=1S/C14H13F7OS/c15-10(14(20,21)12(16)17)8-13(18,19)6-7-23-11(22)9-4-2-1-3-5-9/h1-5,10,12H,6-8H2. The van der Waals surface area contributed by atoms with E-state index in [9.17, 15) is 35.5 Å². The molecular formula is C14H13F7OS. The van der Waals surface area contributed by atoms with Gasteiger partial charge in [0.15, 0.2) is 6.17 Å². The van der Waals surface area contributed by atoms with Crippen LogP contribution in [0.5, 0.6) is 0 Å². The van der Waals surface area contributed by atoms with Crippen LogP contribution in [0.3, 0.4) is 0 Å². The summed E-state index contributed by atoms with van der Waals surface area (Å²) < 4.78 is 88.8. The lowest BCUT2D eigenvalue weighted by Gasteiger charge is -2.24. The van der Waals surface area contributed by atoms with Crippen LogP contribution >= 0.6 is 11.8 Å². The fraction of sp³-hybridized carbons (Fsp3) is 0.500. The highest BCUT2D eigenvalue weighted by atomic mass is 32.2. The van der Waals surface area contributed by atoms with E-state index in [0.29, 0.717) is 11.8 Å². The lowest BCUT2D eigenvalue weighted by Crippen LogP contribution is -2.41. The Kier molecular flexibility index (Phi) is 6.91. The smallest absolute Gasteiger partial charge is 0.282 e. The van der Waals surface area contributed by atoms with Gasteiger partial charge in [0.1, 0.15) is 0 Å². The monoisotopic (exact) mass is 362 g/mol. The van der Waals surface area contributed by atoms with Crippen LogP contribution in [-0.2, 0) is 0 Å². The van der Waals surface area contributed by atoms with Gasteiger partial charge in [0.05, 0.1) is 0 Å². The average Bonchev–Trinajstić information content (AvgIpc) is 2.47. The summed E-state index contributed by atoms with van der Waals surface area (Å²) in [7, 11) is 0. The Bertz CT molecular complexity index is 507. The van der Waals surface area contributed by atoms with Gasteiger partial charge in [0.25, 0.3) is 5.92 Å². The Balaban J connectivity index is 2.48. The molecule has 0 N–H and O–H groups in total. The molecule has 0 fully saturated rings. The second-order valence-electron chi connectivity index (χ2n) is 4.75. The van der Waals surface area contributed by atoms with Crippen molar-refractivity contribution in [2.45, 2.75) is 37.3 Å². The van der Waals surface area contributed by atoms with Crippen molar-refractivity contribution in [3.8, 4) is 0 Å². The normalized spacial score (nSPS) is 14.1. The van der Waals surface area contributed by atoms with Crippen molar-refractivity contribution in [1.82, 2.24) is 0 Å². The second kappa shape index (κ2) is 8.03. The maximum Gasteiger partial charge on any atom is 0.338 e. The van der Waals surface area contributed by atoms with E-state index >= 15 is 0 Å². The predicted octanol–water partition coefficient (Wildman–Crippen LogP) is 5.21. The van der Waals surface area contributed by atoms with E-state index in [1.807, 2.05) is 0 Å². The molecule has 23 heavy (non-hydrogen) atoms. The van der Waals surface area contributed by atoms with Gasteiger partial charge in [-0.15, -0.1) is 0 Å². The largest absolute Gasteiger partial charge is 0.338 e. The first-order chi connectivity index (χ1) is 10.6. The number of alkyl halides is 7. The van der Waals surface area contributed by atoms with Crippen molar-refractivity contribution < 1.29 is 35.5 Å². The first-order valence-electron chi connectivity index (χ1n) is 6.46. The van der Waals surface area contributed by atoms with Gasteiger partial charge in [-0.2, -0.15) is 8.78 Å². The molecule has 0 aliphatic rings. The minimum atomic E-state index is -5.13. The summed E-state index contributed by atoms with van der Waals surface area (Å²) in [5.74, 6) is -9.49. The van der Waals surface area contributed by atoms with E-state index in [1.165, 1.54) is 12.1 Å². The van der Waals surface area contributed by atoms with Crippen molar-refractivity contribution in [3.05, 3.63) is 35.9 Å². The first-order valence-corrected chi connectivity index (χ1v) is 7.45. The third-order valence-electron chi connectivity index (χ3n) is 2.90. The molecule has 9 heteroatoms. The second-order valence-corrected chi connectivity index (χ2v) is 5.82. The maximum absolute atomic E-state index is 13.4. The molecule has 0 aliphatic heterocycles. The molecule has 0 saturated carbocycles. The Morgan fingerprint density at radius 2 is 1.61 bits per heavy atom. The Morgan fingerprint density at radius 1 is 1.04 bits per heavy atom. The Morgan fingerprint density at radius 3 is 2.13 bits per heavy atom. The number of hydrogen-bond donors (Lipinski definition) is 0. The van der Waals surface area contributed by atoms with E-state index in [2.05, 4.69) is 0 Å². The lowest BCUT2D eigenvalue weighted by molar-refractivity contribution is -0.187. The summed E-state index contributed by atoms with van der Waals surface area (Å²) in [4.78, 5) is 11.6. The number of carbonyl (C=O) groups excluding carboxylic acids is 1. The van der Waals surface area contributed by atoms with Gasteiger partial charge in [-0.25, -0.2) is 22.0 Å². The molecule has 1 nitrogen and oxygen atoms in total. The number of benzene rings is 1. The van der Waals surface area contributed by atoms with E-state index in [0.717, 1.165) is 0 Å². The fourth-order valence-corrected chi connectivity index (χ4v) is 2.48. The van der Waals surface area contributed by atoms with Crippen LogP contribution in [0.4, 0.5) is 30.7 Å². The van der Waals surface area contributed by atoms with Gasteiger partial charge in [-0.3, -0.25) is 4.79 Å². The number of carbonyl (C=O) groups is 1. The minimum absolute atomic E-state index is 0.272. The van der Waals surface area contributed by atoms with E-state index in [-0.39, 0.29) is 5.56 Å². The molecule has 0 aromatic heterocycles. The molecule has 0 aliphatic carbocycles. The first kappa shape index (κ1) is 19.8. The number of thioether (sulfide) groups is 1. The van der Waals surface area contributed by atoms with Gasteiger partial charge >= 0.3 is 12.3 Å². The Labute approximate surface area is 132 Å². The molecule has 1 unspecified atom stereocenters. The van der Waals surface area contributed by atoms with E-state index in [4.69, 9.17) is 0 Å². The van der Waals surface area contributed by atoms with E-state index in [1.54, 1.807) is 18.2 Å². The zero-order valence-electron chi connectivity index (χ0n) is 11.6. The van der Waals surface area contributed by atoms with Crippen LogP contribution in [0.1, 0.15) is 23.2 Å². The molecule has 0 spiro atoms. The highest BCUT2D eigenvalue weighted by molar-refractivity contribution is 8.14. The number of hydrogen-bond acceptors (Lipinski definition) is 2. The van der Waals surface area contributed by atoms with Crippen LogP contribution in [-0.4, -0.2) is 35.3 Å². The predicted molar refractivity (Wildman–Crippen MR) is 73.3 cm³/mol. The van der Waals surface area contributed by atoms with Crippen molar-refractivity contribution in [2.75, 3.05) is 5.75 Å². The molecule has 1 aromatic carbocycles. The molecule has 0 saturated heterocycles. The summed E-state index contributed by atoms with van der Waals surface area (Å²) in [5, 5.41) is -0.504. The van der Waals surface area contributed by atoms with Gasteiger partial charge < -0.3 is 0 Å². The summed E-state index contributed by atoms with van der Waals surface area (Å²) >= 11 is 0.520. The van der Waals surface area contributed by atoms with Gasteiger partial charge in [0.2, 0.25) is 5.12 Å². The molecule has 0 radical (unpaired) electrons. The highest BCUT2D eigenvalue weighted by Gasteiger charge is 2.52. The van der Waals surface area contributed by atoms with E-state index < -0.39 is 48.2 Å². The molecule has 1 atom stereocenters. The summed E-state index contributed by atoms with van der Waals surface area (Å²) in [6.07, 6.45) is -11.1. The average molecular weight is 362 g/mol. The molecule has 0 amide bonds. The molecule has 1 rings (SSSR count). The van der Waals surface area contributed by atoms with Crippen molar-refractivity contribution in [3.63, 3.8) is 0 Å². The molecule has 130 valence electrons. The maximum atomic E-state index is 13.4. The zero-order valence-corrected chi connectivity index (χ0v) is 12.4. The van der Waals surface area contributed by atoms with Gasteiger partial charge in [0, 0.05) is 24.2 Å². The highest BCUT2D eigenvalue weighted by Crippen LogP contribution is 2.37. The van der Waals surface area contributed by atoms with Crippen molar-refractivity contribution >= 4 is 16.9 Å². The number of halogens is 7. The topological polar surface area (TPSA) is 17.1 Å². The fourth-order valence-electron chi connectivity index (χ4n) is 1.59.